The molecule has 0 fully saturated rings. The summed E-state index contributed by atoms with van der Waals surface area (Å²) in [6, 6.07) is 3.39. The van der Waals surface area contributed by atoms with E-state index in [2.05, 4.69) is 9.97 Å². The molecule has 0 atom stereocenters. The molecular formula is C20H10N2O4. The van der Waals surface area contributed by atoms with E-state index in [-0.39, 0.29) is 34.5 Å². The molecule has 0 saturated carbocycles. The van der Waals surface area contributed by atoms with Gasteiger partial charge in [-0.25, -0.2) is 9.97 Å². The number of fused-ring (bicyclic) bond motifs is 5. The Bertz CT molecular complexity index is 1060. The molecule has 0 aromatic carbocycles. The van der Waals surface area contributed by atoms with Crippen LogP contribution >= 0.6 is 0 Å². The summed E-state index contributed by atoms with van der Waals surface area (Å²) in [6.07, 6.45) is 6.15. The van der Waals surface area contributed by atoms with Crippen molar-refractivity contribution in [1.29, 1.82) is 0 Å². The van der Waals surface area contributed by atoms with Crippen molar-refractivity contribution in [3.63, 3.8) is 0 Å². The van der Waals surface area contributed by atoms with E-state index in [1.807, 2.05) is 0 Å². The molecule has 0 spiro atoms. The largest absolute Gasteiger partial charge is 0.289 e. The number of rotatable bonds is 0. The number of aromatic nitrogens is 2. The second-order valence-electron chi connectivity index (χ2n) is 6.41. The first-order valence-corrected chi connectivity index (χ1v) is 8.14. The molecule has 2 aromatic rings. The highest BCUT2D eigenvalue weighted by molar-refractivity contribution is 6.22. The molecule has 0 aliphatic heterocycles. The van der Waals surface area contributed by atoms with Crippen LogP contribution in [0, 0.1) is 0 Å². The van der Waals surface area contributed by atoms with Crippen molar-refractivity contribution in [2.45, 2.75) is 12.8 Å². The highest BCUT2D eigenvalue weighted by Crippen LogP contribution is 2.34. The maximum atomic E-state index is 12.1. The molecule has 5 rings (SSSR count). The molecule has 6 heteroatoms. The number of allylic oxidation sites excluding steroid dienone is 4. The van der Waals surface area contributed by atoms with E-state index >= 15 is 0 Å². The Morgan fingerprint density at radius 3 is 1.35 bits per heavy atom. The van der Waals surface area contributed by atoms with Gasteiger partial charge in [0.2, 0.25) is 11.6 Å². The highest BCUT2D eigenvalue weighted by Gasteiger charge is 2.30. The summed E-state index contributed by atoms with van der Waals surface area (Å²) in [5, 5.41) is 0. The van der Waals surface area contributed by atoms with Gasteiger partial charge in [-0.2, -0.15) is 0 Å². The van der Waals surface area contributed by atoms with E-state index in [0.717, 1.165) is 11.1 Å². The van der Waals surface area contributed by atoms with Gasteiger partial charge in [0.15, 0.2) is 11.6 Å². The average Bonchev–Trinajstić information content (AvgIpc) is 2.65. The first-order chi connectivity index (χ1) is 12.5. The number of hydrogen-bond donors (Lipinski definition) is 0. The van der Waals surface area contributed by atoms with Crippen LogP contribution in [0.5, 0.6) is 0 Å². The first kappa shape index (κ1) is 14.8. The third-order valence-corrected chi connectivity index (χ3v) is 4.86. The number of pyridine rings is 2. The summed E-state index contributed by atoms with van der Waals surface area (Å²) in [6.45, 7) is 0. The van der Waals surface area contributed by atoms with Crippen LogP contribution in [0.3, 0.4) is 0 Å². The quantitative estimate of drug-likeness (QED) is 0.728. The molecule has 0 radical (unpaired) electrons. The lowest BCUT2D eigenvalue weighted by Gasteiger charge is -2.22. The van der Waals surface area contributed by atoms with E-state index in [9.17, 15) is 19.2 Å². The van der Waals surface area contributed by atoms with Crippen LogP contribution in [0.1, 0.15) is 52.8 Å². The van der Waals surface area contributed by atoms with Gasteiger partial charge in [0.25, 0.3) is 0 Å². The lowest BCUT2D eigenvalue weighted by molar-refractivity contribution is 0.0990. The summed E-state index contributed by atoms with van der Waals surface area (Å²) in [7, 11) is 0. The number of nitrogens with zero attached hydrogens (tertiary/aromatic N) is 2. The molecule has 2 aromatic heterocycles. The fourth-order valence-electron chi connectivity index (χ4n) is 3.56. The molecule has 2 heterocycles. The fourth-order valence-corrected chi connectivity index (χ4v) is 3.56. The van der Waals surface area contributed by atoms with Crippen LogP contribution < -0.4 is 0 Å². The van der Waals surface area contributed by atoms with E-state index in [0.29, 0.717) is 35.4 Å². The summed E-state index contributed by atoms with van der Waals surface area (Å²) in [4.78, 5) is 57.2. The van der Waals surface area contributed by atoms with Crippen LogP contribution in [0.15, 0.2) is 36.4 Å². The Balaban J connectivity index is 1.76. The highest BCUT2D eigenvalue weighted by atomic mass is 16.1. The van der Waals surface area contributed by atoms with E-state index in [4.69, 9.17) is 0 Å². The van der Waals surface area contributed by atoms with Crippen LogP contribution in [-0.4, -0.2) is 33.1 Å². The molecule has 3 aliphatic carbocycles. The van der Waals surface area contributed by atoms with Crippen molar-refractivity contribution in [3.05, 3.63) is 70.1 Å². The van der Waals surface area contributed by atoms with Crippen LogP contribution in [-0.2, 0) is 12.8 Å². The van der Waals surface area contributed by atoms with Gasteiger partial charge in [0.1, 0.15) is 11.4 Å². The molecule has 6 nitrogen and oxygen atoms in total. The minimum absolute atomic E-state index is 0.103. The second kappa shape index (κ2) is 4.98. The summed E-state index contributed by atoms with van der Waals surface area (Å²) in [5.74, 6) is -1.15. The molecule has 0 amide bonds. The van der Waals surface area contributed by atoms with Gasteiger partial charge in [-0.1, -0.05) is 0 Å². The topological polar surface area (TPSA) is 94.1 Å². The Hall–Kier alpha value is -3.54. The summed E-state index contributed by atoms with van der Waals surface area (Å²) in [5.41, 5.74) is 3.42. The van der Waals surface area contributed by atoms with Crippen molar-refractivity contribution in [1.82, 2.24) is 9.97 Å². The average molecular weight is 342 g/mol. The van der Waals surface area contributed by atoms with Crippen molar-refractivity contribution in [2.75, 3.05) is 0 Å². The number of ketones is 4. The molecule has 0 N–H and O–H groups in total. The molecule has 0 unspecified atom stereocenters. The molecule has 0 bridgehead atoms. The van der Waals surface area contributed by atoms with Gasteiger partial charge < -0.3 is 0 Å². The lowest BCUT2D eigenvalue weighted by Crippen LogP contribution is -2.20. The zero-order chi connectivity index (χ0) is 18.0. The zero-order valence-electron chi connectivity index (χ0n) is 13.4. The number of carbonyl (C=O) groups excluding carboxylic acids is 4. The van der Waals surface area contributed by atoms with Gasteiger partial charge in [-0.15, -0.1) is 0 Å². The van der Waals surface area contributed by atoms with Crippen molar-refractivity contribution >= 4 is 23.1 Å². The summed E-state index contributed by atoms with van der Waals surface area (Å²) < 4.78 is 0. The predicted octanol–water partition coefficient (Wildman–Crippen LogP) is 2.11. The predicted molar refractivity (Wildman–Crippen MR) is 90.5 cm³/mol. The van der Waals surface area contributed by atoms with Gasteiger partial charge in [0, 0.05) is 0 Å². The molecular weight excluding hydrogens is 332 g/mol. The van der Waals surface area contributed by atoms with Gasteiger partial charge >= 0.3 is 0 Å². The second-order valence-corrected chi connectivity index (χ2v) is 6.41. The van der Waals surface area contributed by atoms with Gasteiger partial charge in [-0.3, -0.25) is 19.2 Å². The smallest absolute Gasteiger partial charge is 0.205 e. The van der Waals surface area contributed by atoms with Crippen LogP contribution in [0.4, 0.5) is 0 Å². The molecule has 124 valence electrons. The standard InChI is InChI=1S/C20H10N2O4/c23-13-3-5-15(25)19-11(13)7-9-1-2-10-8-12-14(24)4-6-16(26)20(12)22-18(10)17(9)21-19/h3-8H,1-2H2. The van der Waals surface area contributed by atoms with E-state index < -0.39 is 0 Å². The number of carbonyl (C=O) groups is 4. The van der Waals surface area contributed by atoms with Crippen LogP contribution in [0.2, 0.25) is 0 Å². The number of aryl methyl sites for hydroxylation is 2. The zero-order valence-corrected chi connectivity index (χ0v) is 13.4. The minimum Gasteiger partial charge on any atom is -0.289 e. The van der Waals surface area contributed by atoms with Crippen molar-refractivity contribution in [2.24, 2.45) is 0 Å². The SMILES string of the molecule is O=C1C=CC(=O)c2nc3c(cc21)CCc1cc2c(nc1-3)C(=O)C=CC2=O. The molecule has 3 aliphatic rings. The maximum absolute atomic E-state index is 12.1. The Morgan fingerprint density at radius 1 is 0.538 bits per heavy atom. The number of hydrogen-bond acceptors (Lipinski definition) is 6. The third kappa shape index (κ3) is 1.92. The van der Waals surface area contributed by atoms with E-state index in [1.165, 1.54) is 24.3 Å². The lowest BCUT2D eigenvalue weighted by atomic mass is 9.86. The third-order valence-electron chi connectivity index (χ3n) is 4.86. The Morgan fingerprint density at radius 2 is 0.923 bits per heavy atom. The Kier molecular flexibility index (Phi) is 2.83. The minimum atomic E-state index is -0.332. The normalized spacial score (nSPS) is 16.9. The van der Waals surface area contributed by atoms with Gasteiger partial charge in [0.05, 0.1) is 22.5 Å². The fraction of sp³-hybridized carbons (Fsp3) is 0.100. The maximum Gasteiger partial charge on any atom is 0.205 e. The van der Waals surface area contributed by atoms with E-state index in [1.54, 1.807) is 12.1 Å². The van der Waals surface area contributed by atoms with Crippen LogP contribution in [0.25, 0.3) is 11.4 Å². The van der Waals surface area contributed by atoms with Crippen molar-refractivity contribution < 1.29 is 19.2 Å². The molecule has 26 heavy (non-hydrogen) atoms. The first-order valence-electron chi connectivity index (χ1n) is 8.14. The van der Waals surface area contributed by atoms with Crippen molar-refractivity contribution in [3.8, 4) is 11.4 Å². The van der Waals surface area contributed by atoms with Gasteiger partial charge in [-0.05, 0) is 60.4 Å². The monoisotopic (exact) mass is 342 g/mol. The Labute approximate surface area is 147 Å². The summed E-state index contributed by atoms with van der Waals surface area (Å²) >= 11 is 0. The molecule has 0 saturated heterocycles.